The smallest absolute Gasteiger partial charge is 0.320 e. The zero-order chi connectivity index (χ0) is 11.3. The first kappa shape index (κ1) is 11.9. The molecule has 0 spiro atoms. The SMILES string of the molecule is CSc1ncc(CN[C@@H](C)C(=O)O)cn1. The van der Waals surface area contributed by atoms with Crippen LogP contribution < -0.4 is 5.32 Å². The lowest BCUT2D eigenvalue weighted by atomic mass is 10.3. The van der Waals surface area contributed by atoms with Crippen molar-refractivity contribution in [2.45, 2.75) is 24.7 Å². The maximum absolute atomic E-state index is 10.5. The maximum Gasteiger partial charge on any atom is 0.320 e. The summed E-state index contributed by atoms with van der Waals surface area (Å²) in [5, 5.41) is 12.2. The van der Waals surface area contributed by atoms with Crippen molar-refractivity contribution in [2.24, 2.45) is 0 Å². The number of rotatable bonds is 5. The predicted octanol–water partition coefficient (Wildman–Crippen LogP) is 0.761. The van der Waals surface area contributed by atoms with Gasteiger partial charge in [0.25, 0.3) is 0 Å². The molecule has 0 bridgehead atoms. The van der Waals surface area contributed by atoms with Crippen molar-refractivity contribution in [1.29, 1.82) is 0 Å². The number of aliphatic carboxylic acids is 1. The first-order chi connectivity index (χ1) is 7.13. The van der Waals surface area contributed by atoms with Gasteiger partial charge < -0.3 is 10.4 Å². The van der Waals surface area contributed by atoms with Crippen molar-refractivity contribution in [3.05, 3.63) is 18.0 Å². The fraction of sp³-hybridized carbons (Fsp3) is 0.444. The Bertz CT molecular complexity index is 329. The third-order valence-corrected chi connectivity index (χ3v) is 2.42. The normalized spacial score (nSPS) is 12.4. The van der Waals surface area contributed by atoms with Crippen LogP contribution in [-0.2, 0) is 11.3 Å². The molecule has 82 valence electrons. The summed E-state index contributed by atoms with van der Waals surface area (Å²) in [7, 11) is 0. The van der Waals surface area contributed by atoms with E-state index in [0.29, 0.717) is 11.7 Å². The molecule has 0 amide bonds. The van der Waals surface area contributed by atoms with Gasteiger partial charge in [0.05, 0.1) is 0 Å². The van der Waals surface area contributed by atoms with Gasteiger partial charge in [-0.05, 0) is 13.2 Å². The highest BCUT2D eigenvalue weighted by molar-refractivity contribution is 7.98. The van der Waals surface area contributed by atoms with Gasteiger partial charge in [0, 0.05) is 24.5 Å². The Hall–Kier alpha value is -1.14. The molecule has 0 aliphatic carbocycles. The second-order valence-corrected chi connectivity index (χ2v) is 3.79. The molecule has 1 aromatic rings. The van der Waals surface area contributed by atoms with Gasteiger partial charge in [-0.1, -0.05) is 11.8 Å². The third kappa shape index (κ3) is 3.85. The van der Waals surface area contributed by atoms with Gasteiger partial charge in [0.15, 0.2) is 5.16 Å². The standard InChI is InChI=1S/C9H13N3O2S/c1-6(8(13)14)10-3-7-4-11-9(15-2)12-5-7/h4-6,10H,3H2,1-2H3,(H,13,14)/t6-/m0/s1. The number of nitrogens with zero attached hydrogens (tertiary/aromatic N) is 2. The largest absolute Gasteiger partial charge is 0.480 e. The van der Waals surface area contributed by atoms with Crippen LogP contribution in [0.2, 0.25) is 0 Å². The van der Waals surface area contributed by atoms with Crippen molar-refractivity contribution in [3.63, 3.8) is 0 Å². The lowest BCUT2D eigenvalue weighted by Crippen LogP contribution is -2.33. The predicted molar refractivity (Wildman–Crippen MR) is 57.8 cm³/mol. The minimum Gasteiger partial charge on any atom is -0.480 e. The minimum atomic E-state index is -0.864. The molecule has 1 atom stereocenters. The molecule has 0 unspecified atom stereocenters. The van der Waals surface area contributed by atoms with Crippen molar-refractivity contribution >= 4 is 17.7 Å². The van der Waals surface area contributed by atoms with Gasteiger partial charge in [-0.25, -0.2) is 9.97 Å². The molecule has 1 rings (SSSR count). The van der Waals surface area contributed by atoms with Crippen molar-refractivity contribution in [1.82, 2.24) is 15.3 Å². The first-order valence-corrected chi connectivity index (χ1v) is 5.67. The quantitative estimate of drug-likeness (QED) is 0.571. The molecular weight excluding hydrogens is 214 g/mol. The third-order valence-electron chi connectivity index (χ3n) is 1.85. The highest BCUT2D eigenvalue weighted by Crippen LogP contribution is 2.06. The molecule has 0 fully saturated rings. The number of hydrogen-bond acceptors (Lipinski definition) is 5. The molecule has 1 aromatic heterocycles. The van der Waals surface area contributed by atoms with Gasteiger partial charge in [0.2, 0.25) is 0 Å². The van der Waals surface area contributed by atoms with E-state index in [2.05, 4.69) is 15.3 Å². The topological polar surface area (TPSA) is 75.1 Å². The van der Waals surface area contributed by atoms with E-state index in [9.17, 15) is 4.79 Å². The van der Waals surface area contributed by atoms with E-state index in [1.54, 1.807) is 19.3 Å². The van der Waals surface area contributed by atoms with E-state index in [-0.39, 0.29) is 0 Å². The summed E-state index contributed by atoms with van der Waals surface area (Å²) in [6, 6.07) is -0.565. The molecule has 6 heteroatoms. The zero-order valence-corrected chi connectivity index (χ0v) is 9.41. The Labute approximate surface area is 92.3 Å². The van der Waals surface area contributed by atoms with Gasteiger partial charge in [0.1, 0.15) is 6.04 Å². The molecule has 0 aromatic carbocycles. The van der Waals surface area contributed by atoms with E-state index in [1.807, 2.05) is 6.26 Å². The monoisotopic (exact) mass is 227 g/mol. The van der Waals surface area contributed by atoms with E-state index in [1.165, 1.54) is 11.8 Å². The number of carbonyl (C=O) groups is 1. The molecule has 15 heavy (non-hydrogen) atoms. The van der Waals surface area contributed by atoms with Gasteiger partial charge in [-0.3, -0.25) is 4.79 Å². The Morgan fingerprint density at radius 1 is 1.60 bits per heavy atom. The molecule has 2 N–H and O–H groups in total. The van der Waals surface area contributed by atoms with Gasteiger partial charge in [-0.2, -0.15) is 0 Å². The van der Waals surface area contributed by atoms with Crippen LogP contribution in [0.4, 0.5) is 0 Å². The van der Waals surface area contributed by atoms with Gasteiger partial charge in [-0.15, -0.1) is 0 Å². The second kappa shape index (κ2) is 5.67. The van der Waals surface area contributed by atoms with E-state index < -0.39 is 12.0 Å². The molecule has 0 radical (unpaired) electrons. The van der Waals surface area contributed by atoms with Crippen LogP contribution in [0.1, 0.15) is 12.5 Å². The average molecular weight is 227 g/mol. The van der Waals surface area contributed by atoms with Crippen LogP contribution in [0.3, 0.4) is 0 Å². The summed E-state index contributed by atoms with van der Waals surface area (Å²) in [6.07, 6.45) is 5.29. The van der Waals surface area contributed by atoms with Gasteiger partial charge >= 0.3 is 5.97 Å². The number of thioether (sulfide) groups is 1. The van der Waals surface area contributed by atoms with Crippen LogP contribution in [0.25, 0.3) is 0 Å². The number of nitrogens with one attached hydrogen (secondary N) is 1. The molecule has 0 saturated heterocycles. The Balaban J connectivity index is 2.47. The first-order valence-electron chi connectivity index (χ1n) is 4.44. The summed E-state index contributed by atoms with van der Waals surface area (Å²) in [4.78, 5) is 18.7. The second-order valence-electron chi connectivity index (χ2n) is 3.02. The van der Waals surface area contributed by atoms with Crippen LogP contribution in [0.15, 0.2) is 17.6 Å². The molecular formula is C9H13N3O2S. The lowest BCUT2D eigenvalue weighted by Gasteiger charge is -2.08. The lowest BCUT2D eigenvalue weighted by molar-refractivity contribution is -0.139. The van der Waals surface area contributed by atoms with Crippen LogP contribution in [-0.4, -0.2) is 33.3 Å². The van der Waals surface area contributed by atoms with Crippen LogP contribution in [0, 0.1) is 0 Å². The zero-order valence-electron chi connectivity index (χ0n) is 8.60. The van der Waals surface area contributed by atoms with Crippen LogP contribution in [0.5, 0.6) is 0 Å². The number of carboxylic acid groups (broad SMARTS) is 1. The Morgan fingerprint density at radius 3 is 2.67 bits per heavy atom. The maximum atomic E-state index is 10.5. The summed E-state index contributed by atoms with van der Waals surface area (Å²) in [5.74, 6) is -0.864. The number of carboxylic acids is 1. The van der Waals surface area contributed by atoms with E-state index in [4.69, 9.17) is 5.11 Å². The summed E-state index contributed by atoms with van der Waals surface area (Å²) in [5.41, 5.74) is 0.876. The van der Waals surface area contributed by atoms with E-state index in [0.717, 1.165) is 5.56 Å². The molecule has 1 heterocycles. The Morgan fingerprint density at radius 2 is 2.20 bits per heavy atom. The highest BCUT2D eigenvalue weighted by Gasteiger charge is 2.09. The number of aromatic nitrogens is 2. The summed E-state index contributed by atoms with van der Waals surface area (Å²) in [6.45, 7) is 2.06. The molecule has 0 aliphatic heterocycles. The minimum absolute atomic E-state index is 0.460. The van der Waals surface area contributed by atoms with Crippen LogP contribution >= 0.6 is 11.8 Å². The summed E-state index contributed by atoms with van der Waals surface area (Å²) >= 11 is 1.47. The Kier molecular flexibility index (Phi) is 4.51. The fourth-order valence-corrected chi connectivity index (χ4v) is 1.21. The van der Waals surface area contributed by atoms with Crippen molar-refractivity contribution in [2.75, 3.05) is 6.26 Å². The molecule has 0 saturated carbocycles. The van der Waals surface area contributed by atoms with Crippen molar-refractivity contribution in [3.8, 4) is 0 Å². The van der Waals surface area contributed by atoms with E-state index >= 15 is 0 Å². The molecule has 0 aliphatic rings. The van der Waals surface area contributed by atoms with Crippen molar-refractivity contribution < 1.29 is 9.90 Å². The summed E-state index contributed by atoms with van der Waals surface area (Å²) < 4.78 is 0. The highest BCUT2D eigenvalue weighted by atomic mass is 32.2. The number of hydrogen-bond donors (Lipinski definition) is 2. The average Bonchev–Trinajstić information content (AvgIpc) is 2.26. The fourth-order valence-electron chi connectivity index (χ4n) is 0.898. The molecule has 5 nitrogen and oxygen atoms in total.